The molecule has 6 bridgehead atoms. The molecular formula is C45H59FN7O5S+. The summed E-state index contributed by atoms with van der Waals surface area (Å²) in [6, 6.07) is 2.85. The molecule has 1 aromatic carbocycles. The first-order valence-corrected chi connectivity index (χ1v) is 22.3. The molecule has 8 rings (SSSR count). The van der Waals surface area contributed by atoms with E-state index >= 15 is 4.39 Å². The number of hydrazine groups is 1. The highest BCUT2D eigenvalue weighted by Gasteiger charge is 2.60. The number of aryl methyl sites for hydroxylation is 1. The summed E-state index contributed by atoms with van der Waals surface area (Å²) in [6.07, 6.45) is 11.0. The fourth-order valence-electron chi connectivity index (χ4n) is 9.24. The van der Waals surface area contributed by atoms with E-state index in [0.29, 0.717) is 74.9 Å². The zero-order valence-electron chi connectivity index (χ0n) is 35.2. The number of aliphatic imine (C=N–C) groups is 1. The number of thiazole rings is 1. The number of cyclic esters (lactones) is 1. The molecule has 0 spiro atoms. The number of amides is 1. The van der Waals surface area contributed by atoms with Crippen LogP contribution in [0.5, 0.6) is 0 Å². The van der Waals surface area contributed by atoms with Gasteiger partial charge in [-0.1, -0.05) is 33.3 Å². The predicted octanol–water partition coefficient (Wildman–Crippen LogP) is 6.75. The number of carbonyl (C=O) groups is 2. The Balaban J connectivity index is 1.21. The molecule has 4 aliphatic heterocycles. The maximum atomic E-state index is 16.5. The number of benzene rings is 1. The van der Waals surface area contributed by atoms with E-state index in [1.807, 2.05) is 34.0 Å². The Morgan fingerprint density at radius 3 is 2.75 bits per heavy atom. The van der Waals surface area contributed by atoms with Crippen molar-refractivity contribution >= 4 is 52.2 Å². The summed E-state index contributed by atoms with van der Waals surface area (Å²) in [4.78, 5) is 41.7. The van der Waals surface area contributed by atoms with Gasteiger partial charge in [0.2, 0.25) is 6.04 Å². The van der Waals surface area contributed by atoms with Gasteiger partial charge in [0.1, 0.15) is 12.4 Å². The number of hydrazone groups is 1. The highest BCUT2D eigenvalue weighted by atomic mass is 32.1. The van der Waals surface area contributed by atoms with Crippen molar-refractivity contribution in [3.63, 3.8) is 0 Å². The standard InChI is InChI=1S/C45H59FN7O5S/c1-7-51-38-21-34(46)32-20-31(38)33(39(51)22-36(29(3)56-6)47-25-28(2)50-15-17-57-18-16-50)24-45(4,5)27-58-44(55)35-13-10-14-52(49-35)43-40(23-41-48-37(32)26-59-41)53(43)42(54)19-30-11-8-9-12-30/h20-22,25-26,29-30,35,40,49H,2,7-19,23-24,27H2,1,3-6H3/q+1/b36-22+,47-25?. The molecule has 1 amide bonds. The Hall–Kier alpha value is -4.40. The van der Waals surface area contributed by atoms with Crippen molar-refractivity contribution in [1.82, 2.24) is 24.8 Å². The third-order valence-corrected chi connectivity index (χ3v) is 13.5. The summed E-state index contributed by atoms with van der Waals surface area (Å²) >= 11 is 1.49. The molecule has 3 saturated heterocycles. The average Bonchev–Trinajstić information content (AvgIpc) is 3.53. The monoisotopic (exact) mass is 828 g/mol. The van der Waals surface area contributed by atoms with Crippen molar-refractivity contribution in [2.45, 2.75) is 110 Å². The number of allylic oxidation sites excluding steroid dienone is 1. The topological polar surface area (TPSA) is 113 Å². The third-order valence-electron chi connectivity index (χ3n) is 12.7. The van der Waals surface area contributed by atoms with E-state index in [1.54, 1.807) is 19.4 Å². The second-order valence-electron chi connectivity index (χ2n) is 17.5. The highest BCUT2D eigenvalue weighted by molar-refractivity contribution is 7.10. The van der Waals surface area contributed by atoms with Gasteiger partial charge < -0.3 is 23.7 Å². The smallest absolute Gasteiger partial charge is 0.332 e. The average molecular weight is 829 g/mol. The molecule has 1 saturated carbocycles. The van der Waals surface area contributed by atoms with Gasteiger partial charge in [-0.25, -0.2) is 24.4 Å². The number of aromatic nitrogens is 2. The molecule has 14 heteroatoms. The number of nitrogens with zero attached hydrogens (tertiary/aromatic N) is 6. The number of amidine groups is 1. The number of rotatable bonds is 9. The van der Waals surface area contributed by atoms with Crippen LogP contribution in [0.4, 0.5) is 4.39 Å². The number of carbonyl (C=O) groups excluding carboxylic acids is 2. The van der Waals surface area contributed by atoms with Crippen LogP contribution in [0.3, 0.4) is 0 Å². The molecule has 12 nitrogen and oxygen atoms in total. The van der Waals surface area contributed by atoms with Gasteiger partial charge in [-0.15, -0.1) is 11.3 Å². The number of halogens is 1. The lowest BCUT2D eigenvalue weighted by Gasteiger charge is -2.28. The zero-order valence-corrected chi connectivity index (χ0v) is 36.0. The normalized spacial score (nSPS) is 23.3. The molecule has 1 N–H and O–H groups in total. The maximum absolute atomic E-state index is 16.5. The first-order valence-electron chi connectivity index (χ1n) is 21.4. The first kappa shape index (κ1) is 41.3. The Morgan fingerprint density at radius 2 is 2.00 bits per heavy atom. The minimum absolute atomic E-state index is 0.123. The quantitative estimate of drug-likeness (QED) is 0.109. The first-order chi connectivity index (χ1) is 28.4. The number of hydrogen-bond donors (Lipinski definition) is 1. The fraction of sp³-hybridized carbons (Fsp3) is 0.578. The number of hydrogen-bond acceptors (Lipinski definition) is 10. The molecule has 5 aliphatic rings. The summed E-state index contributed by atoms with van der Waals surface area (Å²) in [5.41, 5.74) is 8.09. The van der Waals surface area contributed by atoms with Gasteiger partial charge in [-0.2, -0.15) is 9.58 Å². The Labute approximate surface area is 350 Å². The van der Waals surface area contributed by atoms with Gasteiger partial charge in [-0.05, 0) is 75.6 Å². The molecule has 3 unspecified atom stereocenters. The van der Waals surface area contributed by atoms with E-state index in [9.17, 15) is 9.59 Å². The van der Waals surface area contributed by atoms with E-state index in [1.165, 1.54) is 24.2 Å². The van der Waals surface area contributed by atoms with E-state index in [0.717, 1.165) is 71.1 Å². The molecule has 59 heavy (non-hydrogen) atoms. The second-order valence-corrected chi connectivity index (χ2v) is 18.4. The minimum Gasteiger partial charge on any atom is -0.463 e. The van der Waals surface area contributed by atoms with Crippen molar-refractivity contribution in [2.24, 2.45) is 16.3 Å². The van der Waals surface area contributed by atoms with Crippen LogP contribution >= 0.6 is 11.3 Å². The lowest BCUT2D eigenvalue weighted by molar-refractivity contribution is -0.600. The number of methoxy groups -OCH3 is 1. The molecule has 2 aromatic heterocycles. The van der Waals surface area contributed by atoms with Gasteiger partial charge in [0.05, 0.1) is 60.7 Å². The predicted molar refractivity (Wildman–Crippen MR) is 229 cm³/mol. The molecule has 0 radical (unpaired) electrons. The molecule has 3 aromatic rings. The van der Waals surface area contributed by atoms with E-state index in [2.05, 4.69) is 42.2 Å². The van der Waals surface area contributed by atoms with E-state index in [4.69, 9.17) is 24.2 Å². The number of nitrogens with one attached hydrogen (secondary N) is 1. The minimum atomic E-state index is -0.528. The fourth-order valence-corrected chi connectivity index (χ4v) is 10.1. The van der Waals surface area contributed by atoms with Crippen molar-refractivity contribution < 1.29 is 32.9 Å². The van der Waals surface area contributed by atoms with Crippen LogP contribution in [0, 0.1) is 17.2 Å². The van der Waals surface area contributed by atoms with Crippen molar-refractivity contribution in [1.29, 1.82) is 0 Å². The van der Waals surface area contributed by atoms with Crippen LogP contribution in [0.15, 0.2) is 40.5 Å². The Morgan fingerprint density at radius 1 is 1.22 bits per heavy atom. The molecular weight excluding hydrogens is 770 g/mol. The SMILES string of the molecule is C=C(C=N/C(=C/c1c2c3cc(c(F)cc3n1CC)-c1csc(n1)CC1C(=[N+]3CCCC(N3)C(=O)OCC(C)(C)C2)N1C(=O)CC1CCCC1)C(C)OC)N1CCOCC1. The molecule has 3 atom stereocenters. The van der Waals surface area contributed by atoms with Crippen molar-refractivity contribution in [3.05, 3.63) is 57.6 Å². The Kier molecular flexibility index (Phi) is 12.1. The van der Waals surface area contributed by atoms with Gasteiger partial charge in [0.25, 0.3) is 0 Å². The molecule has 316 valence electrons. The van der Waals surface area contributed by atoms with Crippen LogP contribution in [0.2, 0.25) is 0 Å². The van der Waals surface area contributed by atoms with Gasteiger partial charge in [0, 0.05) is 66.1 Å². The van der Waals surface area contributed by atoms with E-state index in [-0.39, 0.29) is 36.4 Å². The van der Waals surface area contributed by atoms with Crippen LogP contribution in [0.25, 0.3) is 28.2 Å². The largest absolute Gasteiger partial charge is 0.463 e. The third kappa shape index (κ3) is 8.77. The van der Waals surface area contributed by atoms with Gasteiger partial charge in [-0.3, -0.25) is 4.99 Å². The van der Waals surface area contributed by atoms with E-state index < -0.39 is 11.5 Å². The summed E-state index contributed by atoms with van der Waals surface area (Å²) in [7, 11) is 1.66. The number of morpholine rings is 1. The van der Waals surface area contributed by atoms with Crippen LogP contribution in [-0.2, 0) is 43.2 Å². The second kappa shape index (κ2) is 17.3. The number of esters is 1. The number of ether oxygens (including phenoxy) is 3. The van der Waals surface area contributed by atoms with Crippen LogP contribution in [-0.4, -0.2) is 113 Å². The van der Waals surface area contributed by atoms with Gasteiger partial charge in [0.15, 0.2) is 6.04 Å². The highest BCUT2D eigenvalue weighted by Crippen LogP contribution is 2.39. The summed E-state index contributed by atoms with van der Waals surface area (Å²) in [5.74, 6) is 0.765. The Bertz CT molecular complexity index is 2190. The summed E-state index contributed by atoms with van der Waals surface area (Å²) in [6.45, 7) is 16.7. The van der Waals surface area contributed by atoms with Gasteiger partial charge >= 0.3 is 17.7 Å². The van der Waals surface area contributed by atoms with Crippen molar-refractivity contribution in [3.8, 4) is 11.3 Å². The summed E-state index contributed by atoms with van der Waals surface area (Å²) in [5, 5.41) is 3.66. The summed E-state index contributed by atoms with van der Waals surface area (Å²) < 4.78 is 38.1. The lowest BCUT2D eigenvalue weighted by atomic mass is 9.85. The lowest BCUT2D eigenvalue weighted by Crippen LogP contribution is -2.50. The molecule has 6 heterocycles. The number of fused-ring (bicyclic) bond motifs is 7. The van der Waals surface area contributed by atoms with Crippen molar-refractivity contribution in [2.75, 3.05) is 46.6 Å². The molecule has 4 fully saturated rings. The van der Waals surface area contributed by atoms with Crippen LogP contribution in [0.1, 0.15) is 88.9 Å². The molecule has 1 aliphatic carbocycles. The zero-order chi connectivity index (χ0) is 41.4. The van der Waals surface area contributed by atoms with Crippen LogP contribution < -0.4 is 5.43 Å². The maximum Gasteiger partial charge on any atom is 0.332 e.